The molecule has 0 bridgehead atoms. The second kappa shape index (κ2) is 6.99. The van der Waals surface area contributed by atoms with E-state index in [0.717, 1.165) is 24.1 Å². The standard InChI is InChI=1S/C14H18N3OS/c1-3-4-5-6-10-18-14-13(15-19-16-14)12-8-7-9-17(2)11-12/h5-9,11H,3-4,10H2,1-2H3/q+1/b6-5-. The quantitative estimate of drug-likeness (QED) is 0.601. The Kier molecular flexibility index (Phi) is 5.03. The van der Waals surface area contributed by atoms with Gasteiger partial charge in [0.1, 0.15) is 13.7 Å². The molecule has 2 aromatic rings. The van der Waals surface area contributed by atoms with Crippen LogP contribution in [0.5, 0.6) is 5.88 Å². The lowest BCUT2D eigenvalue weighted by molar-refractivity contribution is -0.671. The predicted octanol–water partition coefficient (Wildman–Crippen LogP) is 2.76. The van der Waals surface area contributed by atoms with Crippen LogP contribution in [0.15, 0.2) is 36.7 Å². The van der Waals surface area contributed by atoms with Crippen LogP contribution in [-0.4, -0.2) is 15.4 Å². The van der Waals surface area contributed by atoms with Gasteiger partial charge in [-0.05, 0) is 12.5 Å². The highest BCUT2D eigenvalue weighted by molar-refractivity contribution is 6.99. The molecule has 0 N–H and O–H groups in total. The average Bonchev–Trinajstić information content (AvgIpc) is 2.87. The van der Waals surface area contributed by atoms with Crippen LogP contribution in [0.1, 0.15) is 19.8 Å². The van der Waals surface area contributed by atoms with Crippen molar-refractivity contribution in [1.82, 2.24) is 8.75 Å². The lowest BCUT2D eigenvalue weighted by Crippen LogP contribution is -2.26. The molecule has 0 spiro atoms. The Balaban J connectivity index is 2.05. The molecule has 5 heteroatoms. The predicted molar refractivity (Wildman–Crippen MR) is 76.1 cm³/mol. The number of nitrogens with zero attached hydrogens (tertiary/aromatic N) is 3. The van der Waals surface area contributed by atoms with E-state index in [9.17, 15) is 0 Å². The normalized spacial score (nSPS) is 11.1. The van der Waals surface area contributed by atoms with Crippen molar-refractivity contribution >= 4 is 11.7 Å². The van der Waals surface area contributed by atoms with Gasteiger partial charge in [0.2, 0.25) is 0 Å². The molecule has 0 aromatic carbocycles. The third kappa shape index (κ3) is 3.86. The zero-order valence-electron chi connectivity index (χ0n) is 11.2. The second-order valence-corrected chi connectivity index (χ2v) is 4.78. The first-order valence-corrected chi connectivity index (χ1v) is 7.10. The van der Waals surface area contributed by atoms with Crippen LogP contribution < -0.4 is 9.30 Å². The third-order valence-corrected chi connectivity index (χ3v) is 3.12. The van der Waals surface area contributed by atoms with Crippen molar-refractivity contribution < 1.29 is 9.30 Å². The number of ether oxygens (including phenoxy) is 1. The van der Waals surface area contributed by atoms with Gasteiger partial charge in [-0.2, -0.15) is 4.37 Å². The molecule has 2 rings (SSSR count). The van der Waals surface area contributed by atoms with E-state index >= 15 is 0 Å². The molecule has 0 amide bonds. The minimum atomic E-state index is 0.539. The summed E-state index contributed by atoms with van der Waals surface area (Å²) in [6.45, 7) is 2.69. The van der Waals surface area contributed by atoms with Crippen molar-refractivity contribution in [3.05, 3.63) is 36.7 Å². The summed E-state index contributed by atoms with van der Waals surface area (Å²) in [5.41, 5.74) is 1.83. The van der Waals surface area contributed by atoms with Crippen molar-refractivity contribution in [2.24, 2.45) is 7.05 Å². The smallest absolute Gasteiger partial charge is 0.254 e. The molecule has 0 aliphatic rings. The Labute approximate surface area is 117 Å². The highest BCUT2D eigenvalue weighted by Crippen LogP contribution is 2.26. The number of unbranched alkanes of at least 4 members (excludes halogenated alkanes) is 1. The van der Waals surface area contributed by atoms with E-state index < -0.39 is 0 Å². The van der Waals surface area contributed by atoms with E-state index in [1.807, 2.05) is 42.2 Å². The number of aryl methyl sites for hydroxylation is 1. The molecule has 0 aliphatic heterocycles. The molecule has 0 fully saturated rings. The van der Waals surface area contributed by atoms with Gasteiger partial charge in [0, 0.05) is 6.07 Å². The van der Waals surface area contributed by atoms with Gasteiger partial charge in [0.25, 0.3) is 5.88 Å². The van der Waals surface area contributed by atoms with E-state index in [1.165, 1.54) is 11.7 Å². The molecule has 19 heavy (non-hydrogen) atoms. The molecule has 0 atom stereocenters. The van der Waals surface area contributed by atoms with Crippen LogP contribution in [-0.2, 0) is 7.05 Å². The largest absolute Gasteiger partial charge is 0.471 e. The Hall–Kier alpha value is -1.75. The second-order valence-electron chi connectivity index (χ2n) is 4.25. The monoisotopic (exact) mass is 276 g/mol. The summed E-state index contributed by atoms with van der Waals surface area (Å²) in [6, 6.07) is 4.00. The summed E-state index contributed by atoms with van der Waals surface area (Å²) in [6.07, 6.45) is 10.4. The molecule has 0 saturated carbocycles. The van der Waals surface area contributed by atoms with Crippen LogP contribution in [0.25, 0.3) is 11.3 Å². The van der Waals surface area contributed by atoms with E-state index in [1.54, 1.807) is 0 Å². The van der Waals surface area contributed by atoms with Crippen molar-refractivity contribution in [3.8, 4) is 17.1 Å². The molecule has 0 saturated heterocycles. The number of rotatable bonds is 6. The fourth-order valence-corrected chi connectivity index (χ4v) is 2.18. The minimum Gasteiger partial charge on any atom is -0.471 e. The highest BCUT2D eigenvalue weighted by Gasteiger charge is 2.13. The topological polar surface area (TPSA) is 38.9 Å². The van der Waals surface area contributed by atoms with Crippen LogP contribution in [0, 0.1) is 0 Å². The van der Waals surface area contributed by atoms with Crippen LogP contribution in [0.2, 0.25) is 0 Å². The zero-order valence-corrected chi connectivity index (χ0v) is 12.1. The lowest BCUT2D eigenvalue weighted by atomic mass is 10.2. The summed E-state index contributed by atoms with van der Waals surface area (Å²) < 4.78 is 16.2. The Morgan fingerprint density at radius 1 is 1.37 bits per heavy atom. The van der Waals surface area contributed by atoms with Gasteiger partial charge in [0.05, 0.1) is 17.3 Å². The fraction of sp³-hybridized carbons (Fsp3) is 0.357. The summed E-state index contributed by atoms with van der Waals surface area (Å²) in [5, 5.41) is 0. The summed E-state index contributed by atoms with van der Waals surface area (Å²) >= 11 is 1.18. The van der Waals surface area contributed by atoms with E-state index in [0.29, 0.717) is 12.5 Å². The van der Waals surface area contributed by atoms with Gasteiger partial charge in [-0.3, -0.25) is 0 Å². The number of hydrogen-bond donors (Lipinski definition) is 0. The number of hydrogen-bond acceptors (Lipinski definition) is 4. The molecule has 100 valence electrons. The van der Waals surface area contributed by atoms with Crippen molar-refractivity contribution in [2.75, 3.05) is 6.61 Å². The van der Waals surface area contributed by atoms with Crippen LogP contribution in [0.3, 0.4) is 0 Å². The summed E-state index contributed by atoms with van der Waals surface area (Å²) in [5.74, 6) is 0.609. The molecular weight excluding hydrogens is 258 g/mol. The van der Waals surface area contributed by atoms with Gasteiger partial charge in [0.15, 0.2) is 18.1 Å². The van der Waals surface area contributed by atoms with Gasteiger partial charge >= 0.3 is 0 Å². The van der Waals surface area contributed by atoms with Gasteiger partial charge in [-0.15, -0.1) is 4.37 Å². The van der Waals surface area contributed by atoms with Crippen LogP contribution >= 0.6 is 11.7 Å². The number of pyridine rings is 1. The summed E-state index contributed by atoms with van der Waals surface area (Å²) in [7, 11) is 1.98. The van der Waals surface area contributed by atoms with E-state index in [2.05, 4.69) is 21.7 Å². The molecule has 2 heterocycles. The minimum absolute atomic E-state index is 0.539. The molecule has 0 unspecified atom stereocenters. The van der Waals surface area contributed by atoms with Crippen molar-refractivity contribution in [3.63, 3.8) is 0 Å². The first-order valence-electron chi connectivity index (χ1n) is 6.37. The Bertz CT molecular complexity index is 551. The van der Waals surface area contributed by atoms with E-state index in [4.69, 9.17) is 4.74 Å². The lowest BCUT2D eigenvalue weighted by Gasteiger charge is -2.01. The average molecular weight is 276 g/mol. The molecule has 4 nitrogen and oxygen atoms in total. The van der Waals surface area contributed by atoms with Gasteiger partial charge in [-0.1, -0.05) is 25.5 Å². The maximum Gasteiger partial charge on any atom is 0.254 e. The fourth-order valence-electron chi connectivity index (χ4n) is 1.66. The van der Waals surface area contributed by atoms with Crippen molar-refractivity contribution in [1.29, 1.82) is 0 Å². The Morgan fingerprint density at radius 2 is 2.26 bits per heavy atom. The molecular formula is C14H18N3OS+. The highest BCUT2D eigenvalue weighted by atomic mass is 32.1. The van der Waals surface area contributed by atoms with E-state index in [-0.39, 0.29) is 0 Å². The third-order valence-electron chi connectivity index (χ3n) is 2.61. The zero-order chi connectivity index (χ0) is 13.5. The maximum atomic E-state index is 5.66. The number of allylic oxidation sites excluding steroid dienone is 1. The molecule has 2 aromatic heterocycles. The van der Waals surface area contributed by atoms with Crippen molar-refractivity contribution in [2.45, 2.75) is 19.8 Å². The Morgan fingerprint density at radius 3 is 3.05 bits per heavy atom. The maximum absolute atomic E-state index is 5.66. The summed E-state index contributed by atoms with van der Waals surface area (Å²) in [4.78, 5) is 0. The first kappa shape index (κ1) is 13.7. The molecule has 0 aliphatic carbocycles. The number of aromatic nitrogens is 3. The van der Waals surface area contributed by atoms with Crippen LogP contribution in [0.4, 0.5) is 0 Å². The SMILES string of the molecule is CCC/C=C\COc1nsnc1-c1ccc[n+](C)c1. The van der Waals surface area contributed by atoms with Gasteiger partial charge in [-0.25, -0.2) is 4.57 Å². The first-order chi connectivity index (χ1) is 9.31. The van der Waals surface area contributed by atoms with Gasteiger partial charge < -0.3 is 4.74 Å². The molecule has 0 radical (unpaired) electrons.